The van der Waals surface area contributed by atoms with Gasteiger partial charge in [-0.2, -0.15) is 4.57 Å². The fourth-order valence-corrected chi connectivity index (χ4v) is 5.32. The average molecular weight is 459 g/mol. The number of benzene rings is 4. The molecule has 0 aliphatic heterocycles. The summed E-state index contributed by atoms with van der Waals surface area (Å²) in [6.07, 6.45) is 0. The second-order valence-corrected chi connectivity index (χ2v) is 10.1. The number of nitrogens with zero attached hydrogens (tertiary/aromatic N) is 3. The van der Waals surface area contributed by atoms with Crippen molar-refractivity contribution in [3.63, 3.8) is 0 Å². The van der Waals surface area contributed by atoms with Crippen LogP contribution in [0.3, 0.4) is 0 Å². The van der Waals surface area contributed by atoms with Gasteiger partial charge in [-0.15, -0.1) is 0 Å². The molecular weight excluding hydrogens is 426 g/mol. The number of fused-ring (bicyclic) bond motifs is 2. The summed E-state index contributed by atoms with van der Waals surface area (Å²) in [7, 11) is 2.17. The number of hydrogen-bond donors (Lipinski definition) is 0. The summed E-state index contributed by atoms with van der Waals surface area (Å²) in [6.45, 7) is 18.8. The van der Waals surface area contributed by atoms with Gasteiger partial charge in [0.15, 0.2) is 16.7 Å². The van der Waals surface area contributed by atoms with E-state index < -0.39 is 0 Å². The monoisotopic (exact) mass is 458 g/mol. The third kappa shape index (κ3) is 3.70. The van der Waals surface area contributed by atoms with Crippen molar-refractivity contribution in [3.8, 4) is 17.1 Å². The number of para-hydroxylation sites is 3. The number of aromatic nitrogens is 2. The molecule has 0 saturated carbocycles. The molecule has 0 spiro atoms. The fraction of sp³-hybridized carbons (Fsp3) is 0.250. The van der Waals surface area contributed by atoms with E-state index in [-0.39, 0.29) is 0 Å². The first-order valence-electron chi connectivity index (χ1n) is 12.4. The Morgan fingerprint density at radius 1 is 0.800 bits per heavy atom. The van der Waals surface area contributed by atoms with E-state index in [1.807, 2.05) is 12.1 Å². The molecule has 0 bridgehead atoms. The summed E-state index contributed by atoms with van der Waals surface area (Å²) >= 11 is 0. The molecule has 0 radical (unpaired) electrons. The lowest BCUT2D eigenvalue weighted by Crippen LogP contribution is -2.30. The lowest BCUT2D eigenvalue weighted by Gasteiger charge is -2.18. The van der Waals surface area contributed by atoms with E-state index in [9.17, 15) is 0 Å². The predicted molar refractivity (Wildman–Crippen MR) is 147 cm³/mol. The molecule has 0 aliphatic rings. The molecule has 1 heterocycles. The number of hydrogen-bond acceptors (Lipinski definition) is 0. The molecule has 5 aromatic rings. The first-order valence-corrected chi connectivity index (χ1v) is 12.4. The third-order valence-electron chi connectivity index (χ3n) is 7.12. The Bertz CT molecular complexity index is 1600. The Balaban J connectivity index is 1.96. The van der Waals surface area contributed by atoms with Gasteiger partial charge < -0.3 is 0 Å². The van der Waals surface area contributed by atoms with E-state index in [4.69, 9.17) is 6.57 Å². The van der Waals surface area contributed by atoms with Crippen molar-refractivity contribution >= 4 is 27.5 Å². The van der Waals surface area contributed by atoms with Crippen molar-refractivity contribution < 1.29 is 4.57 Å². The molecule has 3 heteroatoms. The van der Waals surface area contributed by atoms with Gasteiger partial charge in [0.1, 0.15) is 5.69 Å². The molecule has 3 nitrogen and oxygen atoms in total. The van der Waals surface area contributed by atoms with Gasteiger partial charge in [0.2, 0.25) is 0 Å². The fourth-order valence-electron chi connectivity index (χ4n) is 5.32. The molecule has 5 rings (SSSR count). The van der Waals surface area contributed by atoms with E-state index in [2.05, 4.69) is 116 Å². The van der Waals surface area contributed by atoms with Crippen molar-refractivity contribution in [2.45, 2.75) is 46.5 Å². The molecule has 0 aliphatic carbocycles. The Hall–Kier alpha value is -3.90. The van der Waals surface area contributed by atoms with E-state index in [0.29, 0.717) is 17.5 Å². The molecule has 4 aromatic carbocycles. The SMILES string of the molecule is [C-]#[N+]c1ccc2cc(C)c(-c3n(-c4c(C(C)C)cccc4C(C)C)c4ccccc4[n+]3C)cc2c1. The Labute approximate surface area is 208 Å². The quantitative estimate of drug-likeness (QED) is 0.190. The molecular formula is C32H32N3+. The van der Waals surface area contributed by atoms with E-state index >= 15 is 0 Å². The van der Waals surface area contributed by atoms with Crippen molar-refractivity contribution in [1.29, 1.82) is 0 Å². The largest absolute Gasteiger partial charge is 0.295 e. The number of rotatable bonds is 4. The maximum Gasteiger partial charge on any atom is 0.295 e. The Kier molecular flexibility index (Phi) is 5.69. The molecule has 0 fully saturated rings. The molecule has 0 unspecified atom stereocenters. The van der Waals surface area contributed by atoms with Crippen LogP contribution in [0.4, 0.5) is 5.69 Å². The third-order valence-corrected chi connectivity index (χ3v) is 7.12. The highest BCUT2D eigenvalue weighted by molar-refractivity contribution is 5.91. The van der Waals surface area contributed by atoms with Crippen LogP contribution < -0.4 is 4.57 Å². The van der Waals surface area contributed by atoms with Gasteiger partial charge in [0.25, 0.3) is 5.82 Å². The highest BCUT2D eigenvalue weighted by Crippen LogP contribution is 2.38. The second-order valence-electron chi connectivity index (χ2n) is 10.1. The number of aryl methyl sites for hydroxylation is 2. The first kappa shape index (κ1) is 22.9. The van der Waals surface area contributed by atoms with Crippen LogP contribution >= 0.6 is 0 Å². The van der Waals surface area contributed by atoms with E-state index in [1.165, 1.54) is 39.0 Å². The van der Waals surface area contributed by atoms with Gasteiger partial charge in [-0.3, -0.25) is 0 Å². The summed E-state index contributed by atoms with van der Waals surface area (Å²) in [5, 5.41) is 2.26. The summed E-state index contributed by atoms with van der Waals surface area (Å²) in [6, 6.07) is 25.9. The lowest BCUT2D eigenvalue weighted by molar-refractivity contribution is -0.633. The predicted octanol–water partition coefficient (Wildman–Crippen LogP) is 8.38. The van der Waals surface area contributed by atoms with Gasteiger partial charge in [0, 0.05) is 11.1 Å². The van der Waals surface area contributed by atoms with Gasteiger partial charge in [0.05, 0.1) is 19.2 Å². The highest BCUT2D eigenvalue weighted by atomic mass is 15.2. The Morgan fingerprint density at radius 2 is 1.49 bits per heavy atom. The molecule has 0 amide bonds. The van der Waals surface area contributed by atoms with Gasteiger partial charge in [-0.1, -0.05) is 76.2 Å². The van der Waals surface area contributed by atoms with Crippen LogP contribution in [0.15, 0.2) is 72.8 Å². The summed E-state index contributed by atoms with van der Waals surface area (Å²) < 4.78 is 4.80. The maximum atomic E-state index is 7.48. The van der Waals surface area contributed by atoms with Crippen LogP contribution in [0, 0.1) is 13.5 Å². The normalized spacial score (nSPS) is 11.6. The zero-order valence-electron chi connectivity index (χ0n) is 21.4. The van der Waals surface area contributed by atoms with E-state index in [1.54, 1.807) is 0 Å². The van der Waals surface area contributed by atoms with Crippen LogP contribution in [0.25, 0.3) is 43.7 Å². The molecule has 0 N–H and O–H groups in total. The van der Waals surface area contributed by atoms with Gasteiger partial charge in [-0.25, -0.2) is 9.41 Å². The van der Waals surface area contributed by atoms with Crippen molar-refractivity contribution in [1.82, 2.24) is 4.57 Å². The van der Waals surface area contributed by atoms with E-state index in [0.717, 1.165) is 16.6 Å². The van der Waals surface area contributed by atoms with Gasteiger partial charge >= 0.3 is 0 Å². The van der Waals surface area contributed by atoms with Gasteiger partial charge in [-0.05, 0) is 59.4 Å². The molecule has 35 heavy (non-hydrogen) atoms. The molecule has 174 valence electrons. The summed E-state index contributed by atoms with van der Waals surface area (Å²) in [4.78, 5) is 3.66. The van der Waals surface area contributed by atoms with Crippen LogP contribution in [0.1, 0.15) is 56.2 Å². The zero-order valence-corrected chi connectivity index (χ0v) is 21.4. The minimum absolute atomic E-state index is 0.391. The molecule has 0 saturated heterocycles. The minimum atomic E-state index is 0.391. The van der Waals surface area contributed by atoms with Crippen molar-refractivity contribution in [2.75, 3.05) is 0 Å². The average Bonchev–Trinajstić information content (AvgIpc) is 3.14. The molecule has 0 atom stereocenters. The zero-order chi connectivity index (χ0) is 24.9. The smallest absolute Gasteiger partial charge is 0.238 e. The van der Waals surface area contributed by atoms with Crippen LogP contribution in [0.5, 0.6) is 0 Å². The summed E-state index contributed by atoms with van der Waals surface area (Å²) in [5.41, 5.74) is 9.48. The topological polar surface area (TPSA) is 13.2 Å². The van der Waals surface area contributed by atoms with Crippen molar-refractivity contribution in [3.05, 3.63) is 101 Å². The second kappa shape index (κ2) is 8.71. The molecule has 1 aromatic heterocycles. The van der Waals surface area contributed by atoms with Crippen LogP contribution in [-0.2, 0) is 7.05 Å². The maximum absolute atomic E-state index is 7.48. The summed E-state index contributed by atoms with van der Waals surface area (Å²) in [5.74, 6) is 1.94. The van der Waals surface area contributed by atoms with Crippen molar-refractivity contribution in [2.24, 2.45) is 7.05 Å². The lowest BCUT2D eigenvalue weighted by atomic mass is 9.92. The standard InChI is InChI=1S/C32H32N3/c1-20(2)26-11-10-12-27(21(3)4)31(26)35-30-14-9-8-13-29(30)34(7)32(35)28-19-24-18-25(33-6)16-15-23(24)17-22(28)5/h8-21H,1-5,7H3/q+1. The van der Waals surface area contributed by atoms with Crippen LogP contribution in [0.2, 0.25) is 0 Å². The minimum Gasteiger partial charge on any atom is -0.238 e. The Morgan fingerprint density at radius 3 is 2.14 bits per heavy atom. The highest BCUT2D eigenvalue weighted by Gasteiger charge is 2.31. The first-order chi connectivity index (χ1) is 16.8. The van der Waals surface area contributed by atoms with Crippen LogP contribution in [-0.4, -0.2) is 4.57 Å². The number of imidazole rings is 1.